The number of aromatic nitrogens is 6. The zero-order valence-corrected chi connectivity index (χ0v) is 30.9. The van der Waals surface area contributed by atoms with E-state index in [0.717, 1.165) is 122 Å². The van der Waals surface area contributed by atoms with E-state index < -0.39 is 5.92 Å². The Hall–Kier alpha value is -5.89. The third-order valence-electron chi connectivity index (χ3n) is 11.3. The molecule has 6 aromatic rings. The van der Waals surface area contributed by atoms with Crippen molar-refractivity contribution in [3.63, 3.8) is 0 Å². The smallest absolute Gasteiger partial charge is 0.235 e. The van der Waals surface area contributed by atoms with Gasteiger partial charge in [0.25, 0.3) is 0 Å². The third kappa shape index (κ3) is 6.97. The van der Waals surface area contributed by atoms with Gasteiger partial charge in [-0.15, -0.1) is 5.10 Å². The van der Waals surface area contributed by atoms with Crippen molar-refractivity contribution in [2.24, 2.45) is 7.05 Å². The van der Waals surface area contributed by atoms with E-state index in [1.54, 1.807) is 12.1 Å². The summed E-state index contributed by atoms with van der Waals surface area (Å²) in [5.41, 5.74) is 6.09. The maximum Gasteiger partial charge on any atom is 0.235 e. The molecule has 0 bridgehead atoms. The Kier molecular flexibility index (Phi) is 9.34. The lowest BCUT2D eigenvalue weighted by Crippen LogP contribution is -2.47. The normalized spacial score (nSPS) is 19.5. The number of amides is 2. The fourth-order valence-corrected chi connectivity index (χ4v) is 8.38. The third-order valence-corrected chi connectivity index (χ3v) is 11.3. The largest absolute Gasteiger partial charge is 0.385 e. The summed E-state index contributed by atoms with van der Waals surface area (Å²) in [6, 6.07) is 23.3. The number of carbonyl (C=O) groups is 2. The number of fused-ring (bicyclic) bond motifs is 2. The first kappa shape index (κ1) is 34.9. The van der Waals surface area contributed by atoms with E-state index in [9.17, 15) is 14.0 Å². The number of hydrogen-bond acceptors (Lipinski definition) is 10. The summed E-state index contributed by atoms with van der Waals surface area (Å²) in [6.45, 7) is 6.39. The zero-order chi connectivity index (χ0) is 37.5. The first-order valence-electron chi connectivity index (χ1n) is 19.2. The van der Waals surface area contributed by atoms with Crippen LogP contribution in [0.1, 0.15) is 55.3 Å². The highest BCUT2D eigenvalue weighted by Crippen LogP contribution is 2.36. The van der Waals surface area contributed by atoms with Crippen LogP contribution in [0.2, 0.25) is 0 Å². The minimum atomic E-state index is -0.409. The van der Waals surface area contributed by atoms with Crippen LogP contribution in [0.4, 0.5) is 21.7 Å². The van der Waals surface area contributed by atoms with E-state index >= 15 is 0 Å². The Bertz CT molecular complexity index is 2380. The van der Waals surface area contributed by atoms with E-state index in [-0.39, 0.29) is 23.7 Å². The molecule has 1 unspecified atom stereocenters. The van der Waals surface area contributed by atoms with E-state index in [2.05, 4.69) is 53.6 Å². The zero-order valence-electron chi connectivity index (χ0n) is 30.9. The van der Waals surface area contributed by atoms with Crippen molar-refractivity contribution in [1.82, 2.24) is 39.6 Å². The number of nitrogens with one attached hydrogen (secondary N) is 2. The SMILES string of the molecule is Cn1nc(C2CCC(=O)NC2=O)c2ccc(NCCCN3CCN(c4cccc(-c5cnc6ccc(N7CCC[C@@H]7c7cccc(F)c7)nn56)n4)CC3)cc21. The van der Waals surface area contributed by atoms with Gasteiger partial charge in [-0.3, -0.25) is 24.5 Å². The predicted octanol–water partition coefficient (Wildman–Crippen LogP) is 5.30. The van der Waals surface area contributed by atoms with Crippen molar-refractivity contribution in [3.8, 4) is 11.4 Å². The summed E-state index contributed by atoms with van der Waals surface area (Å²) in [7, 11) is 1.89. The molecule has 0 radical (unpaired) electrons. The second kappa shape index (κ2) is 14.7. The molecule has 3 saturated heterocycles. The Morgan fingerprint density at radius 3 is 2.64 bits per heavy atom. The fourth-order valence-electron chi connectivity index (χ4n) is 8.38. The molecule has 14 heteroatoms. The number of anilines is 3. The summed E-state index contributed by atoms with van der Waals surface area (Å²) in [6.07, 6.45) is 5.63. The van der Waals surface area contributed by atoms with Gasteiger partial charge in [0.05, 0.1) is 35.1 Å². The average Bonchev–Trinajstić information content (AvgIpc) is 3.94. The molecule has 2 N–H and O–H groups in total. The first-order chi connectivity index (χ1) is 26.9. The van der Waals surface area contributed by atoms with Crippen molar-refractivity contribution in [2.75, 3.05) is 60.9 Å². The van der Waals surface area contributed by atoms with Gasteiger partial charge in [-0.25, -0.2) is 18.9 Å². The molecular formula is C41H44FN11O2. The molecule has 2 aromatic carbocycles. The standard InChI is InChI=1S/C41H44FN11O2/c1-49-34-25-29(11-12-30(34)40(48-49)31-13-16-39(54)46-41(31)55)43-17-5-18-50-20-22-51(23-21-50)37-10-3-8-32(45-37)35-26-44-36-14-15-38(47-53(35)36)52-19-4-9-33(52)27-6-2-7-28(42)24-27/h2-3,6-8,10-12,14-15,24-26,31,33,43H,4-5,9,13,16-23H2,1H3,(H,46,54,55)/t31?,33-/m1/s1. The van der Waals surface area contributed by atoms with Crippen LogP contribution in [-0.2, 0) is 16.6 Å². The first-order valence-corrected chi connectivity index (χ1v) is 19.2. The van der Waals surface area contributed by atoms with Gasteiger partial charge in [-0.2, -0.15) is 5.10 Å². The molecule has 0 aliphatic carbocycles. The van der Waals surface area contributed by atoms with Crippen molar-refractivity contribution >= 4 is 45.7 Å². The second-order valence-corrected chi connectivity index (χ2v) is 14.7. The molecule has 55 heavy (non-hydrogen) atoms. The molecule has 13 nitrogen and oxygen atoms in total. The molecule has 7 heterocycles. The molecule has 0 spiro atoms. The Morgan fingerprint density at radius 1 is 0.909 bits per heavy atom. The highest BCUT2D eigenvalue weighted by atomic mass is 19.1. The number of carbonyl (C=O) groups excluding carboxylic acids is 2. The lowest BCUT2D eigenvalue weighted by Gasteiger charge is -2.35. The minimum Gasteiger partial charge on any atom is -0.385 e. The number of imidazole rings is 1. The molecule has 2 atom stereocenters. The van der Waals surface area contributed by atoms with Crippen LogP contribution in [-0.4, -0.2) is 91.9 Å². The van der Waals surface area contributed by atoms with E-state index in [4.69, 9.17) is 10.1 Å². The molecule has 3 aliphatic rings. The number of hydrogen-bond donors (Lipinski definition) is 2. The van der Waals surface area contributed by atoms with E-state index in [0.29, 0.717) is 12.8 Å². The van der Waals surface area contributed by atoms with Crippen molar-refractivity contribution < 1.29 is 14.0 Å². The quantitative estimate of drug-likeness (QED) is 0.141. The Balaban J connectivity index is 0.798. The maximum atomic E-state index is 14.1. The van der Waals surface area contributed by atoms with E-state index in [1.165, 1.54) is 6.07 Å². The lowest BCUT2D eigenvalue weighted by atomic mass is 9.93. The van der Waals surface area contributed by atoms with Crippen LogP contribution >= 0.6 is 0 Å². The Morgan fingerprint density at radius 2 is 1.78 bits per heavy atom. The van der Waals surface area contributed by atoms with Crippen LogP contribution in [0, 0.1) is 5.82 Å². The average molecular weight is 742 g/mol. The van der Waals surface area contributed by atoms with Gasteiger partial charge in [0.2, 0.25) is 11.8 Å². The van der Waals surface area contributed by atoms with Crippen LogP contribution in [0.3, 0.4) is 0 Å². The number of pyridine rings is 1. The van der Waals surface area contributed by atoms with Crippen molar-refractivity contribution in [2.45, 2.75) is 44.1 Å². The van der Waals surface area contributed by atoms with Crippen LogP contribution < -0.4 is 20.4 Å². The molecule has 2 amide bonds. The van der Waals surface area contributed by atoms with Gasteiger partial charge >= 0.3 is 0 Å². The van der Waals surface area contributed by atoms with Gasteiger partial charge in [0, 0.05) is 63.8 Å². The number of benzene rings is 2. The maximum absolute atomic E-state index is 14.1. The molecule has 3 aliphatic heterocycles. The van der Waals surface area contributed by atoms with Gasteiger partial charge in [0.15, 0.2) is 5.65 Å². The number of rotatable bonds is 10. The summed E-state index contributed by atoms with van der Waals surface area (Å²) in [4.78, 5) is 41.0. The van der Waals surface area contributed by atoms with E-state index in [1.807, 2.05) is 58.8 Å². The van der Waals surface area contributed by atoms with Gasteiger partial charge in [-0.1, -0.05) is 18.2 Å². The number of piperazine rings is 1. The summed E-state index contributed by atoms with van der Waals surface area (Å²) in [5, 5.41) is 16.7. The molecule has 4 aromatic heterocycles. The van der Waals surface area contributed by atoms with Crippen molar-refractivity contribution in [3.05, 3.63) is 96.1 Å². The van der Waals surface area contributed by atoms with Gasteiger partial charge < -0.3 is 15.1 Å². The number of nitrogens with zero attached hydrogens (tertiary/aromatic N) is 9. The van der Waals surface area contributed by atoms with Crippen LogP contribution in [0.5, 0.6) is 0 Å². The summed E-state index contributed by atoms with van der Waals surface area (Å²) in [5.74, 6) is 0.677. The van der Waals surface area contributed by atoms with Crippen LogP contribution in [0.25, 0.3) is 27.9 Å². The molecule has 3 fully saturated rings. The van der Waals surface area contributed by atoms with Crippen molar-refractivity contribution in [1.29, 1.82) is 0 Å². The summed E-state index contributed by atoms with van der Waals surface area (Å²) < 4.78 is 17.8. The minimum absolute atomic E-state index is 0.0787. The molecule has 9 rings (SSSR count). The number of imide groups is 1. The van der Waals surface area contributed by atoms with Crippen LogP contribution in [0.15, 0.2) is 79.0 Å². The topological polar surface area (TPSA) is 129 Å². The molecular weight excluding hydrogens is 698 g/mol. The fraction of sp³-hybridized carbons (Fsp3) is 0.366. The predicted molar refractivity (Wildman–Crippen MR) is 210 cm³/mol. The highest BCUT2D eigenvalue weighted by molar-refractivity contribution is 6.02. The number of piperidine rings is 1. The monoisotopic (exact) mass is 741 g/mol. The number of halogens is 1. The second-order valence-electron chi connectivity index (χ2n) is 14.7. The summed E-state index contributed by atoms with van der Waals surface area (Å²) >= 11 is 0. The van der Waals surface area contributed by atoms with Gasteiger partial charge in [0.1, 0.15) is 23.1 Å². The van der Waals surface area contributed by atoms with Gasteiger partial charge in [-0.05, 0) is 92.4 Å². The Labute approximate surface area is 318 Å². The lowest BCUT2D eigenvalue weighted by molar-refractivity contribution is -0.134. The molecule has 282 valence electrons. The number of aryl methyl sites for hydroxylation is 1. The molecule has 0 saturated carbocycles. The highest BCUT2D eigenvalue weighted by Gasteiger charge is 2.32.